The van der Waals surface area contributed by atoms with Crippen molar-refractivity contribution < 1.29 is 4.79 Å². The van der Waals surface area contributed by atoms with Gasteiger partial charge in [-0.2, -0.15) is 0 Å². The number of fused-ring (bicyclic) bond motifs is 1. The maximum absolute atomic E-state index is 13.3. The van der Waals surface area contributed by atoms with E-state index in [-0.39, 0.29) is 17.6 Å². The number of hydrogen-bond acceptors (Lipinski definition) is 4. The number of carbonyl (C=O) groups is 1. The zero-order chi connectivity index (χ0) is 23.4. The molecule has 2 N–H and O–H groups in total. The van der Waals surface area contributed by atoms with Crippen LogP contribution >= 0.6 is 0 Å². The van der Waals surface area contributed by atoms with E-state index < -0.39 is 0 Å². The molecule has 2 amide bonds. The van der Waals surface area contributed by atoms with Gasteiger partial charge in [-0.05, 0) is 55.0 Å². The summed E-state index contributed by atoms with van der Waals surface area (Å²) in [5, 5.41) is 5.98. The largest absolute Gasteiger partial charge is 0.352 e. The van der Waals surface area contributed by atoms with Gasteiger partial charge in [-0.3, -0.25) is 4.79 Å². The summed E-state index contributed by atoms with van der Waals surface area (Å²) < 4.78 is 1.85. The number of piperidine rings is 1. The monoisotopic (exact) mass is 447 g/mol. The third-order valence-corrected chi connectivity index (χ3v) is 6.13. The molecule has 0 bridgehead atoms. The maximum Gasteiger partial charge on any atom is 0.319 e. The second-order valence-electron chi connectivity index (χ2n) is 9.14. The van der Waals surface area contributed by atoms with Crippen LogP contribution in [0.3, 0.4) is 0 Å². The molecule has 3 aromatic rings. The van der Waals surface area contributed by atoms with Crippen LogP contribution in [0.2, 0.25) is 0 Å². The Hall–Kier alpha value is -3.35. The summed E-state index contributed by atoms with van der Waals surface area (Å²) in [5.74, 6) is 0.862. The molecule has 1 fully saturated rings. The average molecular weight is 448 g/mol. The number of amides is 2. The van der Waals surface area contributed by atoms with Crippen LogP contribution in [0.5, 0.6) is 0 Å². The smallest absolute Gasteiger partial charge is 0.319 e. The number of nitrogens with one attached hydrogen (secondary N) is 2. The molecule has 1 aliphatic heterocycles. The number of para-hydroxylation sites is 2. The molecule has 2 heterocycles. The molecular formula is C26H33N5O2. The standard InChI is InChI=1S/C26H33N5O2/c1-4-19-9-11-20(12-10-19)27-26(33)28-21-13-15-30(16-14-21)24-25(32)31(17-18(2)3)23-8-6-5-7-22(23)29-24/h5-12,18,21H,4,13-17H2,1-3H3,(H2,27,28,33). The quantitative estimate of drug-likeness (QED) is 0.587. The third kappa shape index (κ3) is 5.35. The van der Waals surface area contributed by atoms with E-state index in [2.05, 4.69) is 36.3 Å². The highest BCUT2D eigenvalue weighted by Crippen LogP contribution is 2.20. The zero-order valence-corrected chi connectivity index (χ0v) is 19.7. The van der Waals surface area contributed by atoms with Crippen molar-refractivity contribution in [3.8, 4) is 0 Å². The molecule has 33 heavy (non-hydrogen) atoms. The summed E-state index contributed by atoms with van der Waals surface area (Å²) in [7, 11) is 0. The number of benzene rings is 2. The van der Waals surface area contributed by atoms with Crippen molar-refractivity contribution in [3.63, 3.8) is 0 Å². The van der Waals surface area contributed by atoms with Gasteiger partial charge >= 0.3 is 6.03 Å². The first-order valence-electron chi connectivity index (χ1n) is 11.9. The minimum Gasteiger partial charge on any atom is -0.352 e. The van der Waals surface area contributed by atoms with E-state index in [0.29, 0.717) is 31.4 Å². The molecule has 174 valence electrons. The van der Waals surface area contributed by atoms with Crippen molar-refractivity contribution in [2.75, 3.05) is 23.3 Å². The molecular weight excluding hydrogens is 414 g/mol. The Morgan fingerprint density at radius 1 is 1.09 bits per heavy atom. The number of anilines is 2. The lowest BCUT2D eigenvalue weighted by Gasteiger charge is -2.33. The number of hydrogen-bond donors (Lipinski definition) is 2. The van der Waals surface area contributed by atoms with Crippen molar-refractivity contribution in [1.82, 2.24) is 14.9 Å². The Bertz CT molecular complexity index is 1160. The SMILES string of the molecule is CCc1ccc(NC(=O)NC2CCN(c3nc4ccccc4n(CC(C)C)c3=O)CC2)cc1. The lowest BCUT2D eigenvalue weighted by Crippen LogP contribution is -2.47. The van der Waals surface area contributed by atoms with E-state index in [1.54, 1.807) is 0 Å². The Morgan fingerprint density at radius 2 is 1.79 bits per heavy atom. The van der Waals surface area contributed by atoms with Crippen LogP contribution < -0.4 is 21.1 Å². The Labute approximate surface area is 194 Å². The third-order valence-electron chi connectivity index (χ3n) is 6.13. The zero-order valence-electron chi connectivity index (χ0n) is 19.7. The van der Waals surface area contributed by atoms with Gasteiger partial charge in [0, 0.05) is 31.4 Å². The summed E-state index contributed by atoms with van der Waals surface area (Å²) in [4.78, 5) is 32.5. The fourth-order valence-corrected chi connectivity index (χ4v) is 4.34. The number of rotatable bonds is 6. The number of carbonyl (C=O) groups excluding carboxylic acids is 1. The van der Waals surface area contributed by atoms with Gasteiger partial charge in [0.15, 0.2) is 5.82 Å². The number of aryl methyl sites for hydroxylation is 1. The molecule has 7 heteroatoms. The minimum atomic E-state index is -0.194. The molecule has 0 unspecified atom stereocenters. The summed E-state index contributed by atoms with van der Waals surface area (Å²) in [5.41, 5.74) is 3.69. The van der Waals surface area contributed by atoms with Crippen molar-refractivity contribution in [3.05, 3.63) is 64.4 Å². The lowest BCUT2D eigenvalue weighted by atomic mass is 10.1. The van der Waals surface area contributed by atoms with Crippen molar-refractivity contribution in [2.45, 2.75) is 52.6 Å². The molecule has 4 rings (SSSR count). The van der Waals surface area contributed by atoms with Crippen LogP contribution in [-0.4, -0.2) is 34.7 Å². The van der Waals surface area contributed by atoms with Gasteiger partial charge in [0.1, 0.15) is 0 Å². The maximum atomic E-state index is 13.3. The molecule has 0 radical (unpaired) electrons. The topological polar surface area (TPSA) is 79.3 Å². The first-order valence-corrected chi connectivity index (χ1v) is 11.9. The van der Waals surface area contributed by atoms with Gasteiger partial charge < -0.3 is 20.1 Å². The van der Waals surface area contributed by atoms with Crippen LogP contribution in [0.15, 0.2) is 53.3 Å². The normalized spacial score (nSPS) is 14.6. The molecule has 7 nitrogen and oxygen atoms in total. The lowest BCUT2D eigenvalue weighted by molar-refractivity contribution is 0.246. The van der Waals surface area contributed by atoms with E-state index in [0.717, 1.165) is 36.0 Å². The Kier molecular flexibility index (Phi) is 6.96. The fraction of sp³-hybridized carbons (Fsp3) is 0.423. The number of urea groups is 1. The van der Waals surface area contributed by atoms with E-state index in [9.17, 15) is 9.59 Å². The van der Waals surface area contributed by atoms with Crippen LogP contribution in [0.1, 0.15) is 39.2 Å². The van der Waals surface area contributed by atoms with Crippen molar-refractivity contribution in [2.24, 2.45) is 5.92 Å². The van der Waals surface area contributed by atoms with Crippen molar-refractivity contribution in [1.29, 1.82) is 0 Å². The molecule has 0 saturated carbocycles. The molecule has 1 saturated heterocycles. The van der Waals surface area contributed by atoms with E-state index >= 15 is 0 Å². The summed E-state index contributed by atoms with van der Waals surface area (Å²) in [6.45, 7) is 8.35. The average Bonchev–Trinajstić information content (AvgIpc) is 2.81. The van der Waals surface area contributed by atoms with Crippen LogP contribution in [0, 0.1) is 5.92 Å². The Morgan fingerprint density at radius 3 is 2.45 bits per heavy atom. The highest BCUT2D eigenvalue weighted by molar-refractivity contribution is 5.89. The van der Waals surface area contributed by atoms with Gasteiger partial charge in [-0.15, -0.1) is 0 Å². The predicted molar refractivity (Wildman–Crippen MR) is 134 cm³/mol. The van der Waals surface area contributed by atoms with E-state index in [1.165, 1.54) is 5.56 Å². The molecule has 1 aromatic heterocycles. The summed E-state index contributed by atoms with van der Waals surface area (Å²) in [6.07, 6.45) is 2.50. The summed E-state index contributed by atoms with van der Waals surface area (Å²) >= 11 is 0. The van der Waals surface area contributed by atoms with E-state index in [1.807, 2.05) is 53.1 Å². The van der Waals surface area contributed by atoms with Gasteiger partial charge in [-0.25, -0.2) is 9.78 Å². The van der Waals surface area contributed by atoms with Gasteiger partial charge in [0.05, 0.1) is 11.0 Å². The molecule has 0 aliphatic carbocycles. The second kappa shape index (κ2) is 10.1. The first-order chi connectivity index (χ1) is 15.9. The highest BCUT2D eigenvalue weighted by atomic mass is 16.2. The molecule has 0 atom stereocenters. The van der Waals surface area contributed by atoms with Crippen LogP contribution in [0.4, 0.5) is 16.3 Å². The van der Waals surface area contributed by atoms with Crippen molar-refractivity contribution >= 4 is 28.6 Å². The highest BCUT2D eigenvalue weighted by Gasteiger charge is 2.24. The number of nitrogens with zero attached hydrogens (tertiary/aromatic N) is 3. The Balaban J connectivity index is 1.41. The summed E-state index contributed by atoms with van der Waals surface area (Å²) in [6, 6.07) is 15.6. The molecule has 1 aliphatic rings. The van der Waals surface area contributed by atoms with Crippen LogP contribution in [-0.2, 0) is 13.0 Å². The predicted octanol–water partition coefficient (Wildman–Crippen LogP) is 4.41. The fourth-order valence-electron chi connectivity index (χ4n) is 4.34. The second-order valence-corrected chi connectivity index (χ2v) is 9.14. The van der Waals surface area contributed by atoms with Gasteiger partial charge in [0.25, 0.3) is 5.56 Å². The van der Waals surface area contributed by atoms with Crippen LogP contribution in [0.25, 0.3) is 11.0 Å². The number of aromatic nitrogens is 2. The van der Waals surface area contributed by atoms with Gasteiger partial charge in [0.2, 0.25) is 0 Å². The molecule has 2 aromatic carbocycles. The minimum absolute atomic E-state index is 0.0397. The first kappa shape index (κ1) is 22.8. The molecule has 0 spiro atoms. The van der Waals surface area contributed by atoms with Gasteiger partial charge in [-0.1, -0.05) is 45.0 Å². The van der Waals surface area contributed by atoms with E-state index in [4.69, 9.17) is 4.98 Å².